The Hall–Kier alpha value is -1.24. The fraction of sp³-hybridized carbons (Fsp3) is 1.00. The van der Waals surface area contributed by atoms with Crippen molar-refractivity contribution in [3.05, 3.63) is 15.3 Å². The Kier molecular flexibility index (Phi) is 1.78. The van der Waals surface area contributed by atoms with E-state index in [9.17, 15) is 15.3 Å². The fourth-order valence-electron chi connectivity index (χ4n) is 4.97. The average Bonchev–Trinajstić information content (AvgIpc) is 2.34. The van der Waals surface area contributed by atoms with Crippen LogP contribution in [0.5, 0.6) is 0 Å². The monoisotopic (exact) mass is 252 g/mol. The largest absolute Gasteiger partial charge is 0.704 e. The zero-order valence-corrected chi connectivity index (χ0v) is 10.2. The molecule has 2 saturated heterocycles. The second kappa shape index (κ2) is 3.01. The molecule has 0 amide bonds. The SMILES string of the molecule is C[C@]12[C@H]([C@@H]3CC[C@H]1[N+]([O-])=N3)[C@H]1CC[C@@H]2N([O-])[N+]1=O. The first kappa shape index (κ1) is 10.7. The van der Waals surface area contributed by atoms with Crippen LogP contribution < -0.4 is 0 Å². The molecule has 4 bridgehead atoms. The highest BCUT2D eigenvalue weighted by atomic mass is 16.6. The van der Waals surface area contributed by atoms with E-state index in [0.717, 1.165) is 30.5 Å². The van der Waals surface area contributed by atoms with E-state index in [1.54, 1.807) is 0 Å². The number of hydrogen-bond acceptors (Lipinski definition) is 4. The number of azo groups is 1. The maximum atomic E-state index is 12.0. The zero-order valence-electron chi connectivity index (χ0n) is 10.2. The van der Waals surface area contributed by atoms with Crippen LogP contribution >= 0.6 is 0 Å². The molecule has 6 rings (SSSR count). The first-order chi connectivity index (χ1) is 8.55. The third-order valence-corrected chi connectivity index (χ3v) is 5.73. The normalized spacial score (nSPS) is 53.4. The summed E-state index contributed by atoms with van der Waals surface area (Å²) in [5.41, 5.74) is -0.377. The summed E-state index contributed by atoms with van der Waals surface area (Å²) in [6, 6.07) is -0.951. The quantitative estimate of drug-likeness (QED) is 0.478. The van der Waals surface area contributed by atoms with Crippen molar-refractivity contribution in [3.63, 3.8) is 0 Å². The van der Waals surface area contributed by atoms with E-state index < -0.39 is 0 Å². The number of nitroso groups, excluding NO2 is 1. The summed E-state index contributed by atoms with van der Waals surface area (Å²) < 4.78 is 0. The molecule has 2 aliphatic carbocycles. The third-order valence-electron chi connectivity index (χ3n) is 5.73. The standard InChI is InChI=1S/C11H16N4O3/c1-11-8-4-2-6(12-13(8)16)10(11)7-3-5-9(11)15(18)14(7)17/h6-10H,2-5H2,1H3/t6-,7+,8+,9-,10+,11-/m0/s1. The van der Waals surface area contributed by atoms with Gasteiger partial charge >= 0.3 is 0 Å². The second-order valence-electron chi connectivity index (χ2n) is 6.24. The predicted octanol–water partition coefficient (Wildman–Crippen LogP) is 1.15. The third kappa shape index (κ3) is 0.932. The molecule has 18 heavy (non-hydrogen) atoms. The molecule has 4 fully saturated rings. The van der Waals surface area contributed by atoms with Crippen LogP contribution in [0.25, 0.3) is 0 Å². The summed E-state index contributed by atoms with van der Waals surface area (Å²) in [5.74, 6) is 0.0721. The van der Waals surface area contributed by atoms with Crippen molar-refractivity contribution in [3.8, 4) is 0 Å². The molecule has 6 aliphatic rings. The number of hydrogen-bond donors (Lipinski definition) is 0. The van der Waals surface area contributed by atoms with E-state index in [0.29, 0.717) is 10.0 Å². The lowest BCUT2D eigenvalue weighted by Gasteiger charge is -2.60. The molecule has 0 N–H and O–H groups in total. The van der Waals surface area contributed by atoms with Crippen molar-refractivity contribution in [2.45, 2.75) is 56.8 Å². The van der Waals surface area contributed by atoms with Gasteiger partial charge in [0.15, 0.2) is 6.04 Å². The van der Waals surface area contributed by atoms with Gasteiger partial charge in [0.05, 0.1) is 22.3 Å². The van der Waals surface area contributed by atoms with Crippen molar-refractivity contribution >= 4 is 0 Å². The summed E-state index contributed by atoms with van der Waals surface area (Å²) in [7, 11) is 0. The van der Waals surface area contributed by atoms with E-state index in [1.807, 2.05) is 6.92 Å². The molecule has 7 nitrogen and oxygen atoms in total. The summed E-state index contributed by atoms with van der Waals surface area (Å²) >= 11 is 0. The number of nitrogens with zero attached hydrogens (tertiary/aromatic N) is 4. The Morgan fingerprint density at radius 1 is 1.33 bits per heavy atom. The van der Waals surface area contributed by atoms with Gasteiger partial charge in [0.25, 0.3) is 0 Å². The molecule has 2 saturated carbocycles. The lowest BCUT2D eigenvalue weighted by Crippen LogP contribution is -2.75. The van der Waals surface area contributed by atoms with Gasteiger partial charge in [0.1, 0.15) is 10.9 Å². The van der Waals surface area contributed by atoms with Crippen LogP contribution in [0, 0.1) is 26.7 Å². The Labute approximate surface area is 104 Å². The van der Waals surface area contributed by atoms with E-state index in [4.69, 9.17) is 0 Å². The summed E-state index contributed by atoms with van der Waals surface area (Å²) in [6.45, 7) is 2.02. The molecule has 98 valence electrons. The van der Waals surface area contributed by atoms with Crippen LogP contribution in [-0.2, 0) is 0 Å². The van der Waals surface area contributed by atoms with Gasteiger partial charge in [-0.05, 0) is 18.0 Å². The van der Waals surface area contributed by atoms with Gasteiger partial charge in [-0.1, -0.05) is 11.8 Å². The second-order valence-corrected chi connectivity index (χ2v) is 6.24. The van der Waals surface area contributed by atoms with E-state index >= 15 is 0 Å². The smallest absolute Gasteiger partial charge is 0.239 e. The van der Waals surface area contributed by atoms with Crippen molar-refractivity contribution in [1.29, 1.82) is 0 Å². The minimum atomic E-state index is -0.377. The minimum Gasteiger partial charge on any atom is -0.704 e. The molecular formula is C11H16N4O3. The van der Waals surface area contributed by atoms with Crippen LogP contribution in [0.4, 0.5) is 0 Å². The highest BCUT2D eigenvalue weighted by molar-refractivity contribution is 5.12. The van der Waals surface area contributed by atoms with Crippen molar-refractivity contribution < 1.29 is 9.73 Å². The number of hydroxylamine groups is 2. The number of rotatable bonds is 0. The topological polar surface area (TPSA) is 84.8 Å². The number of hydrazine groups is 1. The molecular weight excluding hydrogens is 236 g/mol. The predicted molar refractivity (Wildman–Crippen MR) is 60.1 cm³/mol. The molecule has 0 aromatic heterocycles. The van der Waals surface area contributed by atoms with E-state index in [-0.39, 0.29) is 35.5 Å². The molecule has 0 spiro atoms. The molecule has 0 aromatic carbocycles. The van der Waals surface area contributed by atoms with Gasteiger partial charge in [-0.25, -0.2) is 0 Å². The van der Waals surface area contributed by atoms with Gasteiger partial charge in [0.2, 0.25) is 6.04 Å². The number of fused-ring (bicyclic) bond motifs is 3. The first-order valence-corrected chi connectivity index (χ1v) is 6.65. The lowest BCUT2D eigenvalue weighted by atomic mass is 9.51. The maximum Gasteiger partial charge on any atom is 0.239 e. The van der Waals surface area contributed by atoms with Crippen LogP contribution in [0.3, 0.4) is 0 Å². The van der Waals surface area contributed by atoms with E-state index in [2.05, 4.69) is 5.11 Å². The van der Waals surface area contributed by atoms with Crippen LogP contribution in [0.15, 0.2) is 5.11 Å². The summed E-state index contributed by atoms with van der Waals surface area (Å²) in [5, 5.41) is 28.7. The minimum absolute atomic E-state index is 0.0721. The molecule has 4 heterocycles. The van der Waals surface area contributed by atoms with Gasteiger partial charge < -0.3 is 10.4 Å². The Morgan fingerprint density at radius 3 is 2.83 bits per heavy atom. The Balaban J connectivity index is 1.89. The molecule has 0 unspecified atom stereocenters. The first-order valence-electron chi connectivity index (χ1n) is 6.65. The van der Waals surface area contributed by atoms with Gasteiger partial charge in [-0.15, -0.1) is 0 Å². The summed E-state index contributed by atoms with van der Waals surface area (Å²) in [6.07, 6.45) is 3.14. The van der Waals surface area contributed by atoms with Crippen LogP contribution in [0.1, 0.15) is 32.6 Å². The Bertz CT molecular complexity index is 467. The zero-order chi connectivity index (χ0) is 12.7. The van der Waals surface area contributed by atoms with Crippen molar-refractivity contribution in [2.24, 2.45) is 16.4 Å². The molecule has 0 aromatic rings. The van der Waals surface area contributed by atoms with Crippen LogP contribution in [0.2, 0.25) is 0 Å². The fourth-order valence-corrected chi connectivity index (χ4v) is 4.97. The highest BCUT2D eigenvalue weighted by Crippen LogP contribution is 2.58. The molecule has 6 atom stereocenters. The van der Waals surface area contributed by atoms with Crippen molar-refractivity contribution in [2.75, 3.05) is 0 Å². The summed E-state index contributed by atoms with van der Waals surface area (Å²) in [4.78, 5) is 13.4. The molecule has 0 radical (unpaired) electrons. The lowest BCUT2D eigenvalue weighted by molar-refractivity contribution is -0.778. The average molecular weight is 252 g/mol. The van der Waals surface area contributed by atoms with Crippen molar-refractivity contribution in [1.82, 2.24) is 5.17 Å². The molecule has 7 heteroatoms. The highest BCUT2D eigenvalue weighted by Gasteiger charge is 2.73. The maximum absolute atomic E-state index is 12.0. The molecule has 4 aliphatic heterocycles. The van der Waals surface area contributed by atoms with Gasteiger partial charge in [-0.3, -0.25) is 0 Å². The Morgan fingerprint density at radius 2 is 2.11 bits per heavy atom. The van der Waals surface area contributed by atoms with Gasteiger partial charge in [-0.2, -0.15) is 5.17 Å². The van der Waals surface area contributed by atoms with Gasteiger partial charge in [0, 0.05) is 12.8 Å². The van der Waals surface area contributed by atoms with Crippen LogP contribution in [-0.4, -0.2) is 39.1 Å². The van der Waals surface area contributed by atoms with E-state index in [1.165, 1.54) is 0 Å².